The van der Waals surface area contributed by atoms with E-state index in [1.807, 2.05) is 19.1 Å². The van der Waals surface area contributed by atoms with Gasteiger partial charge in [0.15, 0.2) is 0 Å². The van der Waals surface area contributed by atoms with Gasteiger partial charge in [0, 0.05) is 12.0 Å². The topological polar surface area (TPSA) is 72.2 Å². The maximum atomic E-state index is 12.1. The van der Waals surface area contributed by atoms with E-state index in [1.54, 1.807) is 19.1 Å². The molecule has 1 amide bonds. The number of Topliss-reactive ketones (excluding diaryl/α,β-unsaturated/α-hetero) is 1. The molecule has 0 spiro atoms. The van der Waals surface area contributed by atoms with Crippen molar-refractivity contribution in [2.24, 2.45) is 11.1 Å². The second-order valence-corrected chi connectivity index (χ2v) is 7.96. The first-order valence-corrected chi connectivity index (χ1v) is 8.45. The Kier molecular flexibility index (Phi) is 5.39. The third-order valence-electron chi connectivity index (χ3n) is 4.42. The Morgan fingerprint density at radius 1 is 1.30 bits per heavy atom. The molecular weight excluding hydrogens is 335 g/mol. The fraction of sp³-hybridized carbons (Fsp3) is 0.529. The minimum atomic E-state index is -0.925. The highest BCUT2D eigenvalue weighted by atomic mass is 35.5. The van der Waals surface area contributed by atoms with Gasteiger partial charge in [0.25, 0.3) is 5.91 Å². The number of aryl methyl sites for hydroxylation is 1. The average Bonchev–Trinajstić information content (AvgIpc) is 2.99. The van der Waals surface area contributed by atoms with Crippen molar-refractivity contribution in [1.29, 1.82) is 0 Å². The van der Waals surface area contributed by atoms with Gasteiger partial charge in [-0.15, -0.1) is 23.2 Å². The predicted octanol–water partition coefficient (Wildman–Crippen LogP) is 3.33. The van der Waals surface area contributed by atoms with Crippen LogP contribution in [-0.2, 0) is 4.79 Å². The molecule has 2 unspecified atom stereocenters. The number of carbonyl (C=O) groups excluding carboxylic acids is 2. The van der Waals surface area contributed by atoms with Gasteiger partial charge < -0.3 is 11.1 Å². The van der Waals surface area contributed by atoms with Gasteiger partial charge in [0.05, 0.1) is 11.6 Å². The van der Waals surface area contributed by atoms with Gasteiger partial charge >= 0.3 is 0 Å². The summed E-state index contributed by atoms with van der Waals surface area (Å²) in [6.45, 7) is 3.75. The van der Waals surface area contributed by atoms with Gasteiger partial charge in [-0.3, -0.25) is 9.59 Å². The van der Waals surface area contributed by atoms with E-state index in [0.29, 0.717) is 31.2 Å². The molecule has 0 heterocycles. The average molecular weight is 357 g/mol. The minimum Gasteiger partial charge on any atom is -0.337 e. The van der Waals surface area contributed by atoms with Gasteiger partial charge in [-0.05, 0) is 45.2 Å². The molecule has 23 heavy (non-hydrogen) atoms. The van der Waals surface area contributed by atoms with Gasteiger partial charge in [-0.25, -0.2) is 0 Å². The van der Waals surface area contributed by atoms with Crippen LogP contribution >= 0.6 is 23.2 Å². The zero-order valence-corrected chi connectivity index (χ0v) is 14.9. The van der Waals surface area contributed by atoms with E-state index >= 15 is 0 Å². The first-order chi connectivity index (χ1) is 10.7. The van der Waals surface area contributed by atoms with Crippen molar-refractivity contribution in [2.45, 2.75) is 50.0 Å². The van der Waals surface area contributed by atoms with E-state index < -0.39 is 15.9 Å². The Labute approximate surface area is 146 Å². The number of rotatable bonds is 7. The Morgan fingerprint density at radius 2 is 1.87 bits per heavy atom. The van der Waals surface area contributed by atoms with Crippen molar-refractivity contribution in [3.8, 4) is 0 Å². The molecule has 0 saturated heterocycles. The Hall–Kier alpha value is -1.10. The number of nitrogens with two attached hydrogens (primary N) is 1. The molecule has 1 fully saturated rings. The number of hydrogen-bond donors (Lipinski definition) is 2. The van der Waals surface area contributed by atoms with Crippen LogP contribution < -0.4 is 11.1 Å². The standard InChI is InChI=1S/C17H22Cl2N2O2/c1-11-6-8-12(9-7-11)15(23)21-14(20)5-3-4-13(22)16(2)10-17(16,18)19/h6-9,14H,3-5,10,20H2,1-2H3,(H,21,23). The Morgan fingerprint density at radius 3 is 2.39 bits per heavy atom. The number of alkyl halides is 2. The van der Waals surface area contributed by atoms with Crippen LogP contribution in [0, 0.1) is 12.3 Å². The molecular formula is C17H22Cl2N2O2. The van der Waals surface area contributed by atoms with Crippen molar-refractivity contribution in [1.82, 2.24) is 5.32 Å². The first kappa shape index (κ1) is 18.2. The third kappa shape index (κ3) is 4.25. The molecule has 0 bridgehead atoms. The molecule has 1 aliphatic carbocycles. The van der Waals surface area contributed by atoms with Gasteiger partial charge in [0.1, 0.15) is 10.1 Å². The fourth-order valence-electron chi connectivity index (χ4n) is 2.49. The molecule has 126 valence electrons. The fourth-order valence-corrected chi connectivity index (χ4v) is 3.23. The molecule has 2 rings (SSSR count). The number of hydrogen-bond acceptors (Lipinski definition) is 3. The largest absolute Gasteiger partial charge is 0.337 e. The van der Waals surface area contributed by atoms with E-state index in [-0.39, 0.29) is 11.7 Å². The van der Waals surface area contributed by atoms with Gasteiger partial charge in [-0.1, -0.05) is 17.7 Å². The summed E-state index contributed by atoms with van der Waals surface area (Å²) in [5.74, 6) is -0.155. The Bertz CT molecular complexity index is 601. The molecule has 1 aromatic carbocycles. The number of nitrogens with one attached hydrogen (secondary N) is 1. The van der Waals surface area contributed by atoms with Crippen molar-refractivity contribution >= 4 is 34.9 Å². The molecule has 4 nitrogen and oxygen atoms in total. The lowest BCUT2D eigenvalue weighted by Crippen LogP contribution is -2.41. The number of ketones is 1. The van der Waals surface area contributed by atoms with Crippen LogP contribution in [0.3, 0.4) is 0 Å². The summed E-state index contributed by atoms with van der Waals surface area (Å²) >= 11 is 12.0. The molecule has 0 aliphatic heterocycles. The highest BCUT2D eigenvalue weighted by Crippen LogP contribution is 2.64. The summed E-state index contributed by atoms with van der Waals surface area (Å²) in [7, 11) is 0. The van der Waals surface area contributed by atoms with Crippen molar-refractivity contribution in [3.05, 3.63) is 35.4 Å². The van der Waals surface area contributed by atoms with E-state index in [2.05, 4.69) is 5.32 Å². The van der Waals surface area contributed by atoms with E-state index in [4.69, 9.17) is 28.9 Å². The lowest BCUT2D eigenvalue weighted by atomic mass is 9.98. The highest BCUT2D eigenvalue weighted by Gasteiger charge is 2.66. The predicted molar refractivity (Wildman–Crippen MR) is 92.6 cm³/mol. The van der Waals surface area contributed by atoms with Crippen LogP contribution in [0.1, 0.15) is 48.5 Å². The summed E-state index contributed by atoms with van der Waals surface area (Å²) in [4.78, 5) is 24.1. The SMILES string of the molecule is Cc1ccc(C(=O)NC(N)CCCC(=O)C2(C)CC2(Cl)Cl)cc1. The van der Waals surface area contributed by atoms with Crippen LogP contribution in [0.25, 0.3) is 0 Å². The molecule has 1 aromatic rings. The van der Waals surface area contributed by atoms with Crippen LogP contribution in [0.5, 0.6) is 0 Å². The van der Waals surface area contributed by atoms with E-state index in [0.717, 1.165) is 5.56 Å². The molecule has 1 saturated carbocycles. The molecule has 1 aliphatic rings. The summed E-state index contributed by atoms with van der Waals surface area (Å²) in [6, 6.07) is 7.27. The lowest BCUT2D eigenvalue weighted by Gasteiger charge is -2.15. The number of halogens is 2. The molecule has 6 heteroatoms. The maximum Gasteiger partial charge on any atom is 0.252 e. The monoisotopic (exact) mass is 356 g/mol. The first-order valence-electron chi connectivity index (χ1n) is 7.70. The zero-order chi connectivity index (χ0) is 17.3. The number of benzene rings is 1. The van der Waals surface area contributed by atoms with E-state index in [9.17, 15) is 9.59 Å². The van der Waals surface area contributed by atoms with Crippen LogP contribution in [0.15, 0.2) is 24.3 Å². The molecule has 0 radical (unpaired) electrons. The Balaban J connectivity index is 1.73. The highest BCUT2D eigenvalue weighted by molar-refractivity contribution is 6.53. The zero-order valence-electron chi connectivity index (χ0n) is 13.4. The minimum absolute atomic E-state index is 0.0551. The van der Waals surface area contributed by atoms with Crippen molar-refractivity contribution in [3.63, 3.8) is 0 Å². The second kappa shape index (κ2) is 6.80. The summed E-state index contributed by atoms with van der Waals surface area (Å²) in [5.41, 5.74) is 6.94. The molecule has 2 atom stereocenters. The third-order valence-corrected chi connectivity index (χ3v) is 5.52. The van der Waals surface area contributed by atoms with Crippen molar-refractivity contribution in [2.75, 3.05) is 0 Å². The van der Waals surface area contributed by atoms with E-state index in [1.165, 1.54) is 0 Å². The van der Waals surface area contributed by atoms with Crippen LogP contribution in [0.4, 0.5) is 0 Å². The normalized spacial score (nSPS) is 23.2. The smallest absolute Gasteiger partial charge is 0.252 e. The number of amides is 1. The van der Waals surface area contributed by atoms with Crippen LogP contribution in [-0.4, -0.2) is 22.2 Å². The van der Waals surface area contributed by atoms with Gasteiger partial charge in [-0.2, -0.15) is 0 Å². The van der Waals surface area contributed by atoms with Crippen LogP contribution in [0.2, 0.25) is 0 Å². The van der Waals surface area contributed by atoms with Crippen molar-refractivity contribution < 1.29 is 9.59 Å². The number of carbonyl (C=O) groups is 2. The molecule has 0 aromatic heterocycles. The summed E-state index contributed by atoms with van der Waals surface area (Å²) in [5, 5.41) is 2.74. The second-order valence-electron chi connectivity index (χ2n) is 6.47. The molecule has 3 N–H and O–H groups in total. The summed E-state index contributed by atoms with van der Waals surface area (Å²) < 4.78 is -0.925. The summed E-state index contributed by atoms with van der Waals surface area (Å²) in [6.07, 6.45) is 1.49. The quantitative estimate of drug-likeness (QED) is 0.581. The maximum absolute atomic E-state index is 12.1. The van der Waals surface area contributed by atoms with Gasteiger partial charge in [0.2, 0.25) is 0 Å². The lowest BCUT2D eigenvalue weighted by molar-refractivity contribution is -0.123.